The summed E-state index contributed by atoms with van der Waals surface area (Å²) in [6.07, 6.45) is 5.69. The van der Waals surface area contributed by atoms with Crippen LogP contribution in [0, 0.1) is 5.92 Å². The predicted octanol–water partition coefficient (Wildman–Crippen LogP) is 1.40. The summed E-state index contributed by atoms with van der Waals surface area (Å²) in [6.45, 7) is 10.1. The lowest BCUT2D eigenvalue weighted by Gasteiger charge is -2.32. The second-order valence-corrected chi connectivity index (χ2v) is 5.96. The number of hydrogen-bond donors (Lipinski definition) is 1. The van der Waals surface area contributed by atoms with Gasteiger partial charge in [-0.15, -0.1) is 0 Å². The fourth-order valence-electron chi connectivity index (χ4n) is 3.41. The molecular weight excluding hydrogens is 210 g/mol. The van der Waals surface area contributed by atoms with Crippen molar-refractivity contribution in [1.29, 1.82) is 0 Å². The van der Waals surface area contributed by atoms with Crippen molar-refractivity contribution in [2.45, 2.75) is 38.6 Å². The van der Waals surface area contributed by atoms with Crippen LogP contribution in [-0.4, -0.2) is 62.2 Å². The Balaban J connectivity index is 1.71. The zero-order valence-electron chi connectivity index (χ0n) is 11.6. The highest BCUT2D eigenvalue weighted by Gasteiger charge is 2.28. The van der Waals surface area contributed by atoms with Crippen LogP contribution in [0.2, 0.25) is 0 Å². The Hall–Kier alpha value is -0.120. The fourth-order valence-corrected chi connectivity index (χ4v) is 3.41. The highest BCUT2D eigenvalue weighted by molar-refractivity contribution is 4.85. The Morgan fingerprint density at radius 2 is 1.94 bits per heavy atom. The third-order valence-corrected chi connectivity index (χ3v) is 4.28. The van der Waals surface area contributed by atoms with E-state index < -0.39 is 0 Å². The first-order valence-corrected chi connectivity index (χ1v) is 7.40. The van der Waals surface area contributed by atoms with Crippen molar-refractivity contribution < 1.29 is 0 Å². The van der Waals surface area contributed by atoms with E-state index in [1.54, 1.807) is 0 Å². The maximum Gasteiger partial charge on any atom is 0.0235 e. The summed E-state index contributed by atoms with van der Waals surface area (Å²) < 4.78 is 0. The summed E-state index contributed by atoms with van der Waals surface area (Å²) in [7, 11) is 2.05. The van der Waals surface area contributed by atoms with E-state index in [2.05, 4.69) is 29.1 Å². The Morgan fingerprint density at radius 3 is 2.65 bits per heavy atom. The van der Waals surface area contributed by atoms with E-state index in [0.717, 1.165) is 18.5 Å². The molecule has 0 spiro atoms. The van der Waals surface area contributed by atoms with E-state index in [-0.39, 0.29) is 0 Å². The van der Waals surface area contributed by atoms with Crippen LogP contribution in [0.25, 0.3) is 0 Å². The molecule has 0 aliphatic carbocycles. The van der Waals surface area contributed by atoms with Gasteiger partial charge in [0.1, 0.15) is 0 Å². The van der Waals surface area contributed by atoms with Crippen molar-refractivity contribution in [3.05, 3.63) is 0 Å². The van der Waals surface area contributed by atoms with E-state index in [9.17, 15) is 0 Å². The molecule has 0 aromatic carbocycles. The summed E-state index contributed by atoms with van der Waals surface area (Å²) in [6, 6.07) is 0.858. The summed E-state index contributed by atoms with van der Waals surface area (Å²) in [4.78, 5) is 5.41. The van der Waals surface area contributed by atoms with E-state index in [1.807, 2.05) is 0 Å². The largest absolute Gasteiger partial charge is 0.319 e. The molecule has 3 nitrogen and oxygen atoms in total. The number of nitrogens with zero attached hydrogens (tertiary/aromatic N) is 2. The molecule has 2 unspecified atom stereocenters. The van der Waals surface area contributed by atoms with Gasteiger partial charge in [-0.05, 0) is 58.4 Å². The predicted molar refractivity (Wildman–Crippen MR) is 73.4 cm³/mol. The second kappa shape index (κ2) is 6.72. The molecule has 1 N–H and O–H groups in total. The highest BCUT2D eigenvalue weighted by atomic mass is 15.3. The van der Waals surface area contributed by atoms with Gasteiger partial charge >= 0.3 is 0 Å². The van der Waals surface area contributed by atoms with Crippen LogP contribution >= 0.6 is 0 Å². The molecule has 3 heteroatoms. The molecule has 2 heterocycles. The lowest BCUT2D eigenvalue weighted by molar-refractivity contribution is 0.159. The average molecular weight is 239 g/mol. The van der Waals surface area contributed by atoms with Crippen LogP contribution in [-0.2, 0) is 0 Å². The monoisotopic (exact) mass is 239 g/mol. The highest BCUT2D eigenvalue weighted by Crippen LogP contribution is 2.20. The topological polar surface area (TPSA) is 18.5 Å². The summed E-state index contributed by atoms with van der Waals surface area (Å²) in [5.74, 6) is 0.778. The smallest absolute Gasteiger partial charge is 0.0235 e. The average Bonchev–Trinajstić information content (AvgIpc) is 2.79. The van der Waals surface area contributed by atoms with Gasteiger partial charge in [0.05, 0.1) is 0 Å². The van der Waals surface area contributed by atoms with Crippen LogP contribution in [0.5, 0.6) is 0 Å². The normalized spacial score (nSPS) is 29.6. The maximum absolute atomic E-state index is 3.28. The first-order chi connectivity index (χ1) is 8.29. The van der Waals surface area contributed by atoms with E-state index in [0.29, 0.717) is 0 Å². The zero-order chi connectivity index (χ0) is 12.1. The summed E-state index contributed by atoms with van der Waals surface area (Å²) in [5.41, 5.74) is 0. The third-order valence-electron chi connectivity index (χ3n) is 4.28. The minimum absolute atomic E-state index is 0.778. The van der Waals surface area contributed by atoms with E-state index >= 15 is 0 Å². The van der Waals surface area contributed by atoms with Gasteiger partial charge in [-0.2, -0.15) is 0 Å². The van der Waals surface area contributed by atoms with Crippen molar-refractivity contribution >= 4 is 0 Å². The van der Waals surface area contributed by atoms with Gasteiger partial charge in [0.2, 0.25) is 0 Å². The summed E-state index contributed by atoms with van der Waals surface area (Å²) in [5, 5.41) is 3.28. The minimum Gasteiger partial charge on any atom is -0.319 e. The Labute approximate surface area is 107 Å². The number of hydrogen-bond acceptors (Lipinski definition) is 3. The molecule has 2 atom stereocenters. The minimum atomic E-state index is 0.778. The molecule has 0 amide bonds. The van der Waals surface area contributed by atoms with Crippen molar-refractivity contribution in [1.82, 2.24) is 15.1 Å². The van der Waals surface area contributed by atoms with Crippen LogP contribution in [0.1, 0.15) is 32.6 Å². The van der Waals surface area contributed by atoms with Gasteiger partial charge < -0.3 is 10.2 Å². The molecule has 0 aromatic rings. The van der Waals surface area contributed by atoms with E-state index in [4.69, 9.17) is 0 Å². The lowest BCUT2D eigenvalue weighted by Crippen LogP contribution is -2.41. The van der Waals surface area contributed by atoms with Gasteiger partial charge in [0, 0.05) is 19.1 Å². The number of nitrogens with one attached hydrogen (secondary N) is 1. The second-order valence-electron chi connectivity index (χ2n) is 5.96. The molecule has 2 rings (SSSR count). The number of rotatable bonds is 5. The molecule has 0 bridgehead atoms. The Morgan fingerprint density at radius 1 is 1.18 bits per heavy atom. The molecule has 100 valence electrons. The molecule has 2 aliphatic rings. The lowest BCUT2D eigenvalue weighted by atomic mass is 10.1. The Bertz CT molecular complexity index is 214. The first-order valence-electron chi connectivity index (χ1n) is 7.40. The molecule has 0 radical (unpaired) electrons. The van der Waals surface area contributed by atoms with Gasteiger partial charge in [-0.3, -0.25) is 4.90 Å². The SMILES string of the molecule is CNCC(C)CN1CCC(N2CCCCC2)C1. The van der Waals surface area contributed by atoms with E-state index in [1.165, 1.54) is 58.4 Å². The fraction of sp³-hybridized carbons (Fsp3) is 1.00. The van der Waals surface area contributed by atoms with Crippen molar-refractivity contribution in [2.75, 3.05) is 46.3 Å². The standard InChI is InChI=1S/C14H29N3/c1-13(10-15-2)11-16-9-6-14(12-16)17-7-4-3-5-8-17/h13-15H,3-12H2,1-2H3. The third kappa shape index (κ3) is 3.94. The van der Waals surface area contributed by atoms with Gasteiger partial charge in [-0.25, -0.2) is 0 Å². The zero-order valence-corrected chi connectivity index (χ0v) is 11.6. The maximum atomic E-state index is 3.28. The van der Waals surface area contributed by atoms with Crippen LogP contribution in [0.15, 0.2) is 0 Å². The molecule has 2 fully saturated rings. The van der Waals surface area contributed by atoms with Crippen LogP contribution in [0.4, 0.5) is 0 Å². The van der Waals surface area contributed by atoms with Gasteiger partial charge in [-0.1, -0.05) is 13.3 Å². The molecule has 2 aliphatic heterocycles. The van der Waals surface area contributed by atoms with Gasteiger partial charge in [0.25, 0.3) is 0 Å². The van der Waals surface area contributed by atoms with Crippen molar-refractivity contribution in [3.63, 3.8) is 0 Å². The Kier molecular flexibility index (Phi) is 5.26. The molecule has 2 saturated heterocycles. The number of piperidine rings is 1. The number of likely N-dealkylation sites (tertiary alicyclic amines) is 2. The van der Waals surface area contributed by atoms with Crippen molar-refractivity contribution in [3.8, 4) is 0 Å². The first kappa shape index (κ1) is 13.3. The molecular formula is C14H29N3. The molecule has 17 heavy (non-hydrogen) atoms. The van der Waals surface area contributed by atoms with Crippen LogP contribution < -0.4 is 5.32 Å². The molecule has 0 aromatic heterocycles. The van der Waals surface area contributed by atoms with Crippen molar-refractivity contribution in [2.24, 2.45) is 5.92 Å². The van der Waals surface area contributed by atoms with Crippen LogP contribution in [0.3, 0.4) is 0 Å². The quantitative estimate of drug-likeness (QED) is 0.782. The molecule has 0 saturated carbocycles. The summed E-state index contributed by atoms with van der Waals surface area (Å²) >= 11 is 0. The van der Waals surface area contributed by atoms with Gasteiger partial charge in [0.15, 0.2) is 0 Å².